The van der Waals surface area contributed by atoms with E-state index in [1.165, 1.54) is 51.4 Å². The lowest BCUT2D eigenvalue weighted by Crippen LogP contribution is -2.29. The van der Waals surface area contributed by atoms with Crippen LogP contribution in [0.1, 0.15) is 79.1 Å². The zero-order valence-electron chi connectivity index (χ0n) is 11.8. The molecule has 0 aliphatic carbocycles. The van der Waals surface area contributed by atoms with E-state index >= 15 is 0 Å². The van der Waals surface area contributed by atoms with Crippen molar-refractivity contribution >= 4 is 0 Å². The van der Waals surface area contributed by atoms with E-state index < -0.39 is 0 Å². The summed E-state index contributed by atoms with van der Waals surface area (Å²) in [5, 5.41) is 0. The average molecular weight is 229 g/mol. The Kier molecular flexibility index (Phi) is 10.0. The SMILES string of the molecule is CCCCCCCCCCNOC(C)(C)C. The number of rotatable bonds is 10. The molecule has 0 atom stereocenters. The third kappa shape index (κ3) is 13.9. The zero-order chi connectivity index (χ0) is 12.3. The molecule has 0 unspecified atom stereocenters. The Labute approximate surface area is 102 Å². The van der Waals surface area contributed by atoms with Crippen molar-refractivity contribution in [3.63, 3.8) is 0 Å². The summed E-state index contributed by atoms with van der Waals surface area (Å²) in [6.07, 6.45) is 10.9. The Morgan fingerprint density at radius 2 is 1.31 bits per heavy atom. The molecule has 0 aromatic carbocycles. The van der Waals surface area contributed by atoms with Gasteiger partial charge >= 0.3 is 0 Å². The molecule has 0 aromatic rings. The molecule has 98 valence electrons. The molecular weight excluding hydrogens is 198 g/mol. The number of hydrogen-bond acceptors (Lipinski definition) is 2. The Morgan fingerprint density at radius 1 is 0.812 bits per heavy atom. The fraction of sp³-hybridized carbons (Fsp3) is 1.00. The molecule has 0 radical (unpaired) electrons. The Hall–Kier alpha value is -0.0800. The smallest absolute Gasteiger partial charge is 0.0812 e. The maximum atomic E-state index is 5.44. The van der Waals surface area contributed by atoms with Crippen molar-refractivity contribution in [2.75, 3.05) is 6.54 Å². The van der Waals surface area contributed by atoms with Crippen LogP contribution in [-0.4, -0.2) is 12.1 Å². The highest BCUT2D eigenvalue weighted by Gasteiger charge is 2.08. The van der Waals surface area contributed by atoms with E-state index in [4.69, 9.17) is 4.84 Å². The summed E-state index contributed by atoms with van der Waals surface area (Å²) in [6.45, 7) is 9.43. The Morgan fingerprint density at radius 3 is 1.81 bits per heavy atom. The molecule has 1 N–H and O–H groups in total. The molecular formula is C14H31NO. The quantitative estimate of drug-likeness (QED) is 0.441. The normalized spacial score (nSPS) is 12.0. The van der Waals surface area contributed by atoms with Crippen molar-refractivity contribution in [2.24, 2.45) is 0 Å². The lowest BCUT2D eigenvalue weighted by molar-refractivity contribution is -0.0726. The first-order valence-corrected chi connectivity index (χ1v) is 6.97. The topological polar surface area (TPSA) is 21.3 Å². The number of hydroxylamine groups is 1. The molecule has 0 rings (SSSR count). The van der Waals surface area contributed by atoms with E-state index in [9.17, 15) is 0 Å². The lowest BCUT2D eigenvalue weighted by atomic mass is 10.1. The van der Waals surface area contributed by atoms with Crippen LogP contribution in [0, 0.1) is 0 Å². The summed E-state index contributed by atoms with van der Waals surface area (Å²) in [5.74, 6) is 0. The van der Waals surface area contributed by atoms with Gasteiger partial charge in [-0.05, 0) is 27.2 Å². The van der Waals surface area contributed by atoms with Gasteiger partial charge in [0.1, 0.15) is 0 Å². The van der Waals surface area contributed by atoms with Crippen molar-refractivity contribution in [1.82, 2.24) is 5.48 Å². The maximum Gasteiger partial charge on any atom is 0.0812 e. The zero-order valence-corrected chi connectivity index (χ0v) is 11.8. The number of unbranched alkanes of at least 4 members (excludes halogenated alkanes) is 7. The van der Waals surface area contributed by atoms with Crippen LogP contribution in [0.15, 0.2) is 0 Å². The minimum absolute atomic E-state index is 0.0693. The fourth-order valence-electron chi connectivity index (χ4n) is 1.60. The van der Waals surface area contributed by atoms with Crippen LogP contribution in [0.4, 0.5) is 0 Å². The van der Waals surface area contributed by atoms with Gasteiger partial charge in [0.15, 0.2) is 0 Å². The third-order valence-electron chi connectivity index (χ3n) is 2.51. The van der Waals surface area contributed by atoms with Gasteiger partial charge in [0.2, 0.25) is 0 Å². The molecule has 2 heteroatoms. The minimum atomic E-state index is -0.0693. The first-order chi connectivity index (χ1) is 7.56. The summed E-state index contributed by atoms with van der Waals surface area (Å²) in [5.41, 5.74) is 2.97. The first kappa shape index (κ1) is 15.9. The van der Waals surface area contributed by atoms with E-state index in [2.05, 4.69) is 33.2 Å². The van der Waals surface area contributed by atoms with Crippen LogP contribution < -0.4 is 5.48 Å². The van der Waals surface area contributed by atoms with Crippen molar-refractivity contribution < 1.29 is 4.84 Å². The first-order valence-electron chi connectivity index (χ1n) is 6.97. The highest BCUT2D eigenvalue weighted by Crippen LogP contribution is 2.08. The molecule has 0 saturated carbocycles. The summed E-state index contributed by atoms with van der Waals surface area (Å²) in [6, 6.07) is 0. The van der Waals surface area contributed by atoms with Crippen LogP contribution in [0.25, 0.3) is 0 Å². The van der Waals surface area contributed by atoms with E-state index in [-0.39, 0.29) is 5.60 Å². The van der Waals surface area contributed by atoms with Gasteiger partial charge in [-0.1, -0.05) is 51.9 Å². The van der Waals surface area contributed by atoms with Gasteiger partial charge in [-0.15, -0.1) is 0 Å². The molecule has 0 bridgehead atoms. The van der Waals surface area contributed by atoms with Crippen molar-refractivity contribution in [3.05, 3.63) is 0 Å². The predicted molar refractivity (Wildman–Crippen MR) is 71.5 cm³/mol. The van der Waals surface area contributed by atoms with Crippen molar-refractivity contribution in [2.45, 2.75) is 84.7 Å². The second-order valence-corrected chi connectivity index (χ2v) is 5.58. The van der Waals surface area contributed by atoms with Crippen LogP contribution in [0.2, 0.25) is 0 Å². The lowest BCUT2D eigenvalue weighted by Gasteiger charge is -2.19. The second kappa shape index (κ2) is 10.1. The van der Waals surface area contributed by atoms with Gasteiger partial charge in [0, 0.05) is 6.54 Å². The van der Waals surface area contributed by atoms with Crippen LogP contribution >= 0.6 is 0 Å². The molecule has 0 aliphatic rings. The highest BCUT2D eigenvalue weighted by atomic mass is 16.7. The monoisotopic (exact) mass is 229 g/mol. The molecule has 0 aliphatic heterocycles. The van der Waals surface area contributed by atoms with E-state index in [1.807, 2.05) is 0 Å². The predicted octanol–water partition coefficient (Wildman–Crippen LogP) is 4.45. The highest BCUT2D eigenvalue weighted by molar-refractivity contribution is 4.56. The molecule has 0 aromatic heterocycles. The van der Waals surface area contributed by atoms with Crippen LogP contribution in [0.3, 0.4) is 0 Å². The molecule has 0 heterocycles. The average Bonchev–Trinajstić information content (AvgIpc) is 2.19. The Balaban J connectivity index is 2.99. The van der Waals surface area contributed by atoms with Gasteiger partial charge < -0.3 is 0 Å². The van der Waals surface area contributed by atoms with Crippen LogP contribution in [-0.2, 0) is 4.84 Å². The molecule has 0 fully saturated rings. The molecule has 0 spiro atoms. The summed E-state index contributed by atoms with van der Waals surface area (Å²) in [7, 11) is 0. The Bertz CT molecular complexity index is 140. The standard InChI is InChI=1S/C14H31NO/c1-5-6-7-8-9-10-11-12-13-15-16-14(2,3)4/h15H,5-13H2,1-4H3. The largest absolute Gasteiger partial charge is 0.296 e. The molecule has 16 heavy (non-hydrogen) atoms. The van der Waals surface area contributed by atoms with Gasteiger partial charge in [-0.2, -0.15) is 0 Å². The van der Waals surface area contributed by atoms with Gasteiger partial charge in [0.25, 0.3) is 0 Å². The molecule has 2 nitrogen and oxygen atoms in total. The summed E-state index contributed by atoms with van der Waals surface area (Å²) in [4.78, 5) is 5.44. The summed E-state index contributed by atoms with van der Waals surface area (Å²) >= 11 is 0. The van der Waals surface area contributed by atoms with Crippen molar-refractivity contribution in [3.8, 4) is 0 Å². The summed E-state index contributed by atoms with van der Waals surface area (Å²) < 4.78 is 0. The minimum Gasteiger partial charge on any atom is -0.296 e. The van der Waals surface area contributed by atoms with Gasteiger partial charge in [-0.3, -0.25) is 4.84 Å². The number of nitrogens with one attached hydrogen (secondary N) is 1. The molecule has 0 saturated heterocycles. The third-order valence-corrected chi connectivity index (χ3v) is 2.51. The van der Waals surface area contributed by atoms with E-state index in [0.29, 0.717) is 0 Å². The van der Waals surface area contributed by atoms with Crippen molar-refractivity contribution in [1.29, 1.82) is 0 Å². The van der Waals surface area contributed by atoms with Gasteiger partial charge in [-0.25, -0.2) is 5.48 Å². The van der Waals surface area contributed by atoms with E-state index in [1.54, 1.807) is 0 Å². The molecule has 0 amide bonds. The maximum absolute atomic E-state index is 5.44. The number of hydrogen-bond donors (Lipinski definition) is 1. The van der Waals surface area contributed by atoms with E-state index in [0.717, 1.165) is 6.54 Å². The van der Waals surface area contributed by atoms with Crippen LogP contribution in [0.5, 0.6) is 0 Å². The van der Waals surface area contributed by atoms with Gasteiger partial charge in [0.05, 0.1) is 5.60 Å². The fourth-order valence-corrected chi connectivity index (χ4v) is 1.60. The second-order valence-electron chi connectivity index (χ2n) is 5.58.